The number of nitrogens with one attached hydrogen (secondary N) is 1. The van der Waals surface area contributed by atoms with Gasteiger partial charge in [0.25, 0.3) is 0 Å². The van der Waals surface area contributed by atoms with Gasteiger partial charge in [-0.05, 0) is 38.9 Å². The first kappa shape index (κ1) is 11.4. The van der Waals surface area contributed by atoms with E-state index in [1.165, 1.54) is 45.3 Å². The summed E-state index contributed by atoms with van der Waals surface area (Å²) in [6.07, 6.45) is 6.73. The molecule has 1 saturated heterocycles. The summed E-state index contributed by atoms with van der Waals surface area (Å²) in [4.78, 5) is 2.56. The minimum absolute atomic E-state index is 0.584. The molecule has 0 aromatic carbocycles. The van der Waals surface area contributed by atoms with Crippen molar-refractivity contribution in [1.82, 2.24) is 10.2 Å². The number of hydrogen-bond donors (Lipinski definition) is 2. The Bertz CT molecular complexity index is 160. The van der Waals surface area contributed by atoms with Crippen LogP contribution in [0.15, 0.2) is 12.4 Å². The number of rotatable bonds is 5. The summed E-state index contributed by atoms with van der Waals surface area (Å²) in [6, 6.07) is 0. The summed E-state index contributed by atoms with van der Waals surface area (Å²) in [5.74, 6) is 0.584. The highest BCUT2D eigenvalue weighted by atomic mass is 15.1. The van der Waals surface area contributed by atoms with Crippen LogP contribution in [-0.4, -0.2) is 31.1 Å². The highest BCUT2D eigenvalue weighted by molar-refractivity contribution is 4.81. The van der Waals surface area contributed by atoms with Crippen LogP contribution in [0, 0.1) is 0 Å². The summed E-state index contributed by atoms with van der Waals surface area (Å²) in [5.41, 5.74) is 5.42. The van der Waals surface area contributed by atoms with Gasteiger partial charge in [-0.2, -0.15) is 0 Å². The molecular weight excluding hydrogens is 174 g/mol. The second-order valence-electron chi connectivity index (χ2n) is 4.06. The van der Waals surface area contributed by atoms with Crippen LogP contribution < -0.4 is 11.1 Å². The fraction of sp³-hybridized carbons (Fsp3) is 0.818. The van der Waals surface area contributed by atoms with Gasteiger partial charge in [-0.15, -0.1) is 0 Å². The molecule has 3 N–H and O–H groups in total. The normalized spacial score (nSPS) is 18.9. The van der Waals surface area contributed by atoms with Crippen molar-refractivity contribution in [2.24, 2.45) is 5.73 Å². The van der Waals surface area contributed by atoms with Crippen LogP contribution in [0.3, 0.4) is 0 Å². The fourth-order valence-electron chi connectivity index (χ4n) is 1.91. The van der Waals surface area contributed by atoms with Crippen molar-refractivity contribution in [1.29, 1.82) is 0 Å². The van der Waals surface area contributed by atoms with Gasteiger partial charge in [0.05, 0.1) is 5.82 Å². The monoisotopic (exact) mass is 197 g/mol. The van der Waals surface area contributed by atoms with Crippen LogP contribution in [-0.2, 0) is 0 Å². The molecule has 3 heteroatoms. The van der Waals surface area contributed by atoms with Crippen molar-refractivity contribution in [3.05, 3.63) is 12.4 Å². The number of nitrogens with zero attached hydrogens (tertiary/aromatic N) is 1. The predicted octanol–water partition coefficient (Wildman–Crippen LogP) is 1.27. The maximum Gasteiger partial charge on any atom is 0.0885 e. The molecule has 0 amide bonds. The molecule has 1 heterocycles. The molecule has 0 spiro atoms. The van der Waals surface area contributed by atoms with Crippen molar-refractivity contribution < 1.29 is 0 Å². The number of likely N-dealkylation sites (tertiary alicyclic amines) is 1. The molecule has 0 aliphatic carbocycles. The van der Waals surface area contributed by atoms with Gasteiger partial charge in [-0.3, -0.25) is 0 Å². The van der Waals surface area contributed by atoms with E-state index in [9.17, 15) is 0 Å². The minimum atomic E-state index is 0.584. The molecule has 0 bridgehead atoms. The van der Waals surface area contributed by atoms with Crippen molar-refractivity contribution in [2.45, 2.75) is 32.1 Å². The van der Waals surface area contributed by atoms with E-state index in [0.29, 0.717) is 5.82 Å². The average Bonchev–Trinajstić information content (AvgIpc) is 2.40. The van der Waals surface area contributed by atoms with Gasteiger partial charge in [-0.1, -0.05) is 19.4 Å². The summed E-state index contributed by atoms with van der Waals surface area (Å²) >= 11 is 0. The summed E-state index contributed by atoms with van der Waals surface area (Å²) in [7, 11) is 0. The molecular formula is C11H23N3. The molecule has 14 heavy (non-hydrogen) atoms. The highest BCUT2D eigenvalue weighted by Crippen LogP contribution is 2.09. The molecule has 1 aliphatic heterocycles. The molecule has 3 nitrogen and oxygen atoms in total. The quantitative estimate of drug-likeness (QED) is 0.652. The maximum absolute atomic E-state index is 5.42. The van der Waals surface area contributed by atoms with Crippen LogP contribution in [0.4, 0.5) is 0 Å². The van der Waals surface area contributed by atoms with E-state index < -0.39 is 0 Å². The van der Waals surface area contributed by atoms with Gasteiger partial charge >= 0.3 is 0 Å². The second kappa shape index (κ2) is 6.71. The zero-order valence-electron chi connectivity index (χ0n) is 9.10. The zero-order chi connectivity index (χ0) is 10.2. The maximum atomic E-state index is 5.42. The van der Waals surface area contributed by atoms with E-state index in [-0.39, 0.29) is 0 Å². The van der Waals surface area contributed by atoms with Crippen LogP contribution in [0.1, 0.15) is 32.1 Å². The Morgan fingerprint density at radius 2 is 1.86 bits per heavy atom. The lowest BCUT2D eigenvalue weighted by Crippen LogP contribution is -2.29. The molecule has 0 aromatic heterocycles. The third-order valence-electron chi connectivity index (χ3n) is 2.70. The first-order valence-electron chi connectivity index (χ1n) is 5.69. The van der Waals surface area contributed by atoms with Crippen molar-refractivity contribution in [3.8, 4) is 0 Å². The third kappa shape index (κ3) is 5.12. The summed E-state index contributed by atoms with van der Waals surface area (Å²) in [6.45, 7) is 8.32. The lowest BCUT2D eigenvalue weighted by Gasteiger charge is -2.19. The largest absolute Gasteiger partial charge is 0.386 e. The number of nitrogens with two attached hydrogens (primary N) is 1. The predicted molar refractivity (Wildman–Crippen MR) is 60.9 cm³/mol. The van der Waals surface area contributed by atoms with Gasteiger partial charge in [0.15, 0.2) is 0 Å². The van der Waals surface area contributed by atoms with Crippen LogP contribution >= 0.6 is 0 Å². The molecule has 1 rings (SSSR count). The molecule has 0 radical (unpaired) electrons. The van der Waals surface area contributed by atoms with Gasteiger partial charge in [0.2, 0.25) is 0 Å². The molecule has 0 unspecified atom stereocenters. The molecule has 0 saturated carbocycles. The standard InChI is InChI=1S/C11H23N3/c1-11(12)13-7-6-10-14-8-4-2-3-5-9-14/h13H,1-10,12H2. The van der Waals surface area contributed by atoms with Gasteiger partial charge in [0, 0.05) is 6.54 Å². The SMILES string of the molecule is C=C(N)NCCCN1CCCCCC1. The van der Waals surface area contributed by atoms with E-state index in [1.54, 1.807) is 0 Å². The Labute approximate surface area is 87.3 Å². The smallest absolute Gasteiger partial charge is 0.0885 e. The molecule has 82 valence electrons. The highest BCUT2D eigenvalue weighted by Gasteiger charge is 2.07. The van der Waals surface area contributed by atoms with Crippen molar-refractivity contribution in [2.75, 3.05) is 26.2 Å². The average molecular weight is 197 g/mol. The second-order valence-corrected chi connectivity index (χ2v) is 4.06. The fourth-order valence-corrected chi connectivity index (χ4v) is 1.91. The molecule has 1 fully saturated rings. The van der Waals surface area contributed by atoms with E-state index in [2.05, 4.69) is 16.8 Å². The summed E-state index contributed by atoms with van der Waals surface area (Å²) < 4.78 is 0. The topological polar surface area (TPSA) is 41.3 Å². The number of hydrogen-bond acceptors (Lipinski definition) is 3. The Balaban J connectivity index is 2.01. The molecule has 0 aromatic rings. The van der Waals surface area contributed by atoms with E-state index >= 15 is 0 Å². The van der Waals surface area contributed by atoms with Crippen molar-refractivity contribution in [3.63, 3.8) is 0 Å². The van der Waals surface area contributed by atoms with E-state index in [1.807, 2.05) is 0 Å². The lowest BCUT2D eigenvalue weighted by molar-refractivity contribution is 0.281. The Morgan fingerprint density at radius 3 is 2.43 bits per heavy atom. The van der Waals surface area contributed by atoms with Crippen LogP contribution in [0.25, 0.3) is 0 Å². The third-order valence-corrected chi connectivity index (χ3v) is 2.70. The molecule has 0 atom stereocenters. The van der Waals surface area contributed by atoms with E-state index in [0.717, 1.165) is 13.0 Å². The minimum Gasteiger partial charge on any atom is -0.386 e. The van der Waals surface area contributed by atoms with Gasteiger partial charge < -0.3 is 16.0 Å². The Hall–Kier alpha value is -0.700. The van der Waals surface area contributed by atoms with Crippen LogP contribution in [0.5, 0.6) is 0 Å². The lowest BCUT2D eigenvalue weighted by atomic mass is 10.2. The van der Waals surface area contributed by atoms with Crippen molar-refractivity contribution >= 4 is 0 Å². The van der Waals surface area contributed by atoms with E-state index in [4.69, 9.17) is 5.73 Å². The first-order valence-corrected chi connectivity index (χ1v) is 5.69. The summed E-state index contributed by atoms with van der Waals surface area (Å²) in [5, 5.41) is 3.06. The molecule has 1 aliphatic rings. The van der Waals surface area contributed by atoms with Crippen LogP contribution in [0.2, 0.25) is 0 Å². The zero-order valence-corrected chi connectivity index (χ0v) is 9.10. The first-order chi connectivity index (χ1) is 6.79. The van der Waals surface area contributed by atoms with Gasteiger partial charge in [0.1, 0.15) is 0 Å². The Kier molecular flexibility index (Phi) is 5.45. The Morgan fingerprint density at radius 1 is 1.21 bits per heavy atom. The van der Waals surface area contributed by atoms with Gasteiger partial charge in [-0.25, -0.2) is 0 Å².